The summed E-state index contributed by atoms with van der Waals surface area (Å²) in [5, 5.41) is 6.43. The largest absolute Gasteiger partial charge is 0.456 e. The van der Waals surface area contributed by atoms with Crippen molar-refractivity contribution in [2.45, 2.75) is 26.2 Å². The predicted molar refractivity (Wildman–Crippen MR) is 112 cm³/mol. The number of aromatic nitrogens is 4. The molecule has 0 bridgehead atoms. The standard InChI is InChI=1S/C22H20FN4OS/c1-22(2,3)21-11-20(27(4)26-21)17-6-5-15(9-18(17)23)28-16-7-8-24-19(10-16)14-12-25-29-13-14/h5-8,10-13H,1-4H3. The molecule has 0 fully saturated rings. The Morgan fingerprint density at radius 2 is 2.00 bits per heavy atom. The second-order valence-corrected chi connectivity index (χ2v) is 8.39. The van der Waals surface area contributed by atoms with Gasteiger partial charge in [0.15, 0.2) is 0 Å². The molecular weight excluding hydrogens is 387 g/mol. The third kappa shape index (κ3) is 4.05. The van der Waals surface area contributed by atoms with Crippen LogP contribution in [-0.2, 0) is 12.5 Å². The summed E-state index contributed by atoms with van der Waals surface area (Å²) < 4.78 is 26.4. The fourth-order valence-electron chi connectivity index (χ4n) is 2.88. The van der Waals surface area contributed by atoms with Crippen molar-refractivity contribution in [2.75, 3.05) is 0 Å². The SMILES string of the molecule is Cn1nc(C(C)(C)C)cc1-c1ccc(Oc2ccnc(-c3cnsc3)c2)[c]c1F. The van der Waals surface area contributed by atoms with E-state index in [0.717, 1.165) is 17.0 Å². The van der Waals surface area contributed by atoms with Crippen LogP contribution in [-0.4, -0.2) is 19.1 Å². The molecule has 0 N–H and O–H groups in total. The van der Waals surface area contributed by atoms with Crippen molar-refractivity contribution in [3.8, 4) is 34.0 Å². The van der Waals surface area contributed by atoms with Gasteiger partial charge in [0.25, 0.3) is 0 Å². The molecule has 1 radical (unpaired) electrons. The number of aryl methyl sites for hydroxylation is 1. The van der Waals surface area contributed by atoms with E-state index < -0.39 is 5.82 Å². The van der Waals surface area contributed by atoms with Crippen molar-refractivity contribution in [1.29, 1.82) is 0 Å². The maximum Gasteiger partial charge on any atom is 0.144 e. The van der Waals surface area contributed by atoms with E-state index in [9.17, 15) is 4.39 Å². The number of nitrogens with zero attached hydrogens (tertiary/aromatic N) is 4. The lowest BCUT2D eigenvalue weighted by Gasteiger charge is -2.13. The molecule has 3 aromatic heterocycles. The number of ether oxygens (including phenoxy) is 1. The molecule has 3 heterocycles. The maximum atomic E-state index is 14.8. The molecule has 0 aliphatic heterocycles. The Kier molecular flexibility index (Phi) is 4.92. The molecule has 4 rings (SSSR count). The number of rotatable bonds is 4. The van der Waals surface area contributed by atoms with Crippen LogP contribution in [0, 0.1) is 11.9 Å². The van der Waals surface area contributed by atoms with Crippen molar-refractivity contribution in [3.63, 3.8) is 0 Å². The first-order chi connectivity index (χ1) is 13.8. The number of pyridine rings is 1. The van der Waals surface area contributed by atoms with Gasteiger partial charge in [-0.15, -0.1) is 0 Å². The summed E-state index contributed by atoms with van der Waals surface area (Å²) in [4.78, 5) is 4.32. The summed E-state index contributed by atoms with van der Waals surface area (Å²) in [5.74, 6) is 0.368. The Morgan fingerprint density at radius 1 is 1.17 bits per heavy atom. The lowest BCUT2D eigenvalue weighted by Crippen LogP contribution is -2.12. The first-order valence-electron chi connectivity index (χ1n) is 9.11. The second-order valence-electron chi connectivity index (χ2n) is 7.73. The molecule has 0 aliphatic rings. The summed E-state index contributed by atoms with van der Waals surface area (Å²) in [7, 11) is 1.81. The summed E-state index contributed by atoms with van der Waals surface area (Å²) in [6, 6.07) is 11.5. The second kappa shape index (κ2) is 7.40. The van der Waals surface area contributed by atoms with Crippen LogP contribution >= 0.6 is 11.5 Å². The molecule has 0 atom stereocenters. The molecule has 0 saturated carbocycles. The van der Waals surface area contributed by atoms with Crippen LogP contribution in [0.15, 0.2) is 48.1 Å². The minimum absolute atomic E-state index is 0.115. The lowest BCUT2D eigenvalue weighted by molar-refractivity contribution is 0.475. The smallest absolute Gasteiger partial charge is 0.144 e. The highest BCUT2D eigenvalue weighted by Gasteiger charge is 2.21. The molecule has 0 amide bonds. The molecule has 1 aromatic carbocycles. The predicted octanol–water partition coefficient (Wildman–Crippen LogP) is 5.63. The molecule has 5 nitrogen and oxygen atoms in total. The molecule has 0 spiro atoms. The first kappa shape index (κ1) is 19.3. The Bertz CT molecular complexity index is 1150. The van der Waals surface area contributed by atoms with Gasteiger partial charge in [0.1, 0.15) is 17.3 Å². The molecule has 4 aromatic rings. The molecule has 0 saturated heterocycles. The van der Waals surface area contributed by atoms with Crippen LogP contribution in [0.1, 0.15) is 26.5 Å². The van der Waals surface area contributed by atoms with Gasteiger partial charge in [-0.1, -0.05) is 20.8 Å². The zero-order chi connectivity index (χ0) is 20.6. The average Bonchev–Trinajstić information content (AvgIpc) is 3.32. The van der Waals surface area contributed by atoms with Crippen LogP contribution < -0.4 is 4.74 Å². The zero-order valence-electron chi connectivity index (χ0n) is 16.6. The molecule has 29 heavy (non-hydrogen) atoms. The zero-order valence-corrected chi connectivity index (χ0v) is 17.4. The van der Waals surface area contributed by atoms with Gasteiger partial charge in [-0.25, -0.2) is 8.76 Å². The summed E-state index contributed by atoms with van der Waals surface area (Å²) in [6.45, 7) is 6.23. The lowest BCUT2D eigenvalue weighted by atomic mass is 9.92. The van der Waals surface area contributed by atoms with E-state index in [-0.39, 0.29) is 5.41 Å². The van der Waals surface area contributed by atoms with Crippen LogP contribution in [0.4, 0.5) is 4.39 Å². The number of hydrogen-bond acceptors (Lipinski definition) is 5. The molecule has 0 unspecified atom stereocenters. The Hall–Kier alpha value is -3.06. The Labute approximate surface area is 173 Å². The van der Waals surface area contributed by atoms with Crippen LogP contribution in [0.25, 0.3) is 22.5 Å². The van der Waals surface area contributed by atoms with Crippen molar-refractivity contribution < 1.29 is 9.13 Å². The number of hydrogen-bond donors (Lipinski definition) is 0. The molecule has 7 heteroatoms. The van der Waals surface area contributed by atoms with Crippen LogP contribution in [0.2, 0.25) is 0 Å². The van der Waals surface area contributed by atoms with Gasteiger partial charge in [-0.2, -0.15) is 5.10 Å². The third-order valence-corrected chi connectivity index (χ3v) is 5.07. The molecule has 147 valence electrons. The van der Waals surface area contributed by atoms with Crippen LogP contribution in [0.5, 0.6) is 11.5 Å². The maximum absolute atomic E-state index is 14.8. The minimum atomic E-state index is -0.484. The normalized spacial score (nSPS) is 11.6. The highest BCUT2D eigenvalue weighted by molar-refractivity contribution is 7.03. The average molecular weight is 407 g/mol. The summed E-state index contributed by atoms with van der Waals surface area (Å²) >= 11 is 1.36. The number of halogens is 1. The Morgan fingerprint density at radius 3 is 2.66 bits per heavy atom. The van der Waals surface area contributed by atoms with Gasteiger partial charge < -0.3 is 4.74 Å². The van der Waals surface area contributed by atoms with Crippen molar-refractivity contribution in [3.05, 3.63) is 65.7 Å². The van der Waals surface area contributed by atoms with Crippen molar-refractivity contribution in [1.82, 2.24) is 19.1 Å². The van der Waals surface area contributed by atoms with Gasteiger partial charge in [0, 0.05) is 41.2 Å². The van der Waals surface area contributed by atoms with E-state index in [0.29, 0.717) is 22.8 Å². The van der Waals surface area contributed by atoms with Gasteiger partial charge >= 0.3 is 0 Å². The van der Waals surface area contributed by atoms with E-state index in [1.165, 1.54) is 11.5 Å². The van der Waals surface area contributed by atoms with Gasteiger partial charge in [0.05, 0.1) is 29.3 Å². The topological polar surface area (TPSA) is 52.8 Å². The first-order valence-corrected chi connectivity index (χ1v) is 9.95. The molecule has 0 aliphatic carbocycles. The van der Waals surface area contributed by atoms with Crippen molar-refractivity contribution in [2.24, 2.45) is 7.05 Å². The van der Waals surface area contributed by atoms with E-state index in [2.05, 4.69) is 41.3 Å². The quantitative estimate of drug-likeness (QED) is 0.440. The van der Waals surface area contributed by atoms with Crippen LogP contribution in [0.3, 0.4) is 0 Å². The minimum Gasteiger partial charge on any atom is -0.456 e. The van der Waals surface area contributed by atoms with Crippen molar-refractivity contribution >= 4 is 11.5 Å². The monoisotopic (exact) mass is 407 g/mol. The highest BCUT2D eigenvalue weighted by Crippen LogP contribution is 2.32. The highest BCUT2D eigenvalue weighted by atomic mass is 32.1. The van der Waals surface area contributed by atoms with Gasteiger partial charge in [-0.05, 0) is 35.8 Å². The number of benzene rings is 1. The van der Waals surface area contributed by atoms with E-state index in [1.54, 1.807) is 41.3 Å². The summed E-state index contributed by atoms with van der Waals surface area (Å²) in [5.41, 5.74) is 3.58. The van der Waals surface area contributed by atoms with E-state index >= 15 is 0 Å². The molecular formula is C22H20FN4OS. The van der Waals surface area contributed by atoms with E-state index in [1.807, 2.05) is 18.5 Å². The Balaban J connectivity index is 1.60. The fourth-order valence-corrected chi connectivity index (χ4v) is 3.41. The third-order valence-electron chi connectivity index (χ3n) is 4.48. The van der Waals surface area contributed by atoms with Gasteiger partial charge in [-0.3, -0.25) is 9.67 Å². The van der Waals surface area contributed by atoms with E-state index in [4.69, 9.17) is 4.74 Å². The van der Waals surface area contributed by atoms with Gasteiger partial charge in [0.2, 0.25) is 0 Å². The summed E-state index contributed by atoms with van der Waals surface area (Å²) in [6.07, 6.45) is 3.40. The fraction of sp³-hybridized carbons (Fsp3) is 0.227.